The van der Waals surface area contributed by atoms with Gasteiger partial charge in [0.1, 0.15) is 0 Å². The van der Waals surface area contributed by atoms with Crippen molar-refractivity contribution in [3.8, 4) is 0 Å². The van der Waals surface area contributed by atoms with Gasteiger partial charge >= 0.3 is 0 Å². The zero-order valence-corrected chi connectivity index (χ0v) is 5.45. The van der Waals surface area contributed by atoms with Crippen LogP contribution in [0.1, 0.15) is 6.42 Å². The van der Waals surface area contributed by atoms with Crippen molar-refractivity contribution in [1.29, 1.82) is 0 Å². The summed E-state index contributed by atoms with van der Waals surface area (Å²) in [6, 6.07) is 0. The standard InChI is InChI=1S/C8H8O2/c9-7-5-3-1-2-4-6-8(7)10/h1-5,9H,6H2. The fourth-order valence-electron chi connectivity index (χ4n) is 0.662. The fraction of sp³-hybridized carbons (Fsp3) is 0.125. The first-order valence-electron chi connectivity index (χ1n) is 3.06. The maximum Gasteiger partial charge on any atom is 0.200 e. The molecule has 0 aromatic rings. The highest BCUT2D eigenvalue weighted by Crippen LogP contribution is 2.00. The van der Waals surface area contributed by atoms with Crippen molar-refractivity contribution in [1.82, 2.24) is 0 Å². The second kappa shape index (κ2) is 3.01. The minimum Gasteiger partial charge on any atom is -0.504 e. The van der Waals surface area contributed by atoms with Gasteiger partial charge in [-0.25, -0.2) is 0 Å². The van der Waals surface area contributed by atoms with E-state index < -0.39 is 0 Å². The number of ketones is 1. The lowest BCUT2D eigenvalue weighted by molar-refractivity contribution is -0.117. The summed E-state index contributed by atoms with van der Waals surface area (Å²) in [6.45, 7) is 0. The van der Waals surface area contributed by atoms with Gasteiger partial charge in [-0.1, -0.05) is 24.3 Å². The quantitative estimate of drug-likeness (QED) is 0.548. The third kappa shape index (κ3) is 1.58. The van der Waals surface area contributed by atoms with Crippen molar-refractivity contribution in [2.24, 2.45) is 0 Å². The molecule has 52 valence electrons. The van der Waals surface area contributed by atoms with Crippen molar-refractivity contribution in [3.05, 3.63) is 36.1 Å². The third-order valence-corrected chi connectivity index (χ3v) is 1.20. The molecule has 1 rings (SSSR count). The molecule has 0 saturated carbocycles. The first-order chi connectivity index (χ1) is 4.80. The molecule has 0 amide bonds. The lowest BCUT2D eigenvalue weighted by atomic mass is 10.2. The molecule has 1 aliphatic carbocycles. The SMILES string of the molecule is O=C1CC=CC=CC=C1O. The lowest BCUT2D eigenvalue weighted by Gasteiger charge is -1.94. The molecule has 0 aliphatic heterocycles. The van der Waals surface area contributed by atoms with Gasteiger partial charge in [0.2, 0.25) is 5.78 Å². The highest BCUT2D eigenvalue weighted by Gasteiger charge is 2.03. The smallest absolute Gasteiger partial charge is 0.200 e. The van der Waals surface area contributed by atoms with Crippen LogP contribution < -0.4 is 0 Å². The predicted molar refractivity (Wildman–Crippen MR) is 38.6 cm³/mol. The Balaban J connectivity index is 2.83. The van der Waals surface area contributed by atoms with Crippen molar-refractivity contribution in [2.45, 2.75) is 6.42 Å². The zero-order valence-electron chi connectivity index (χ0n) is 5.45. The molecule has 1 N–H and O–H groups in total. The number of rotatable bonds is 0. The molecule has 0 aromatic heterocycles. The van der Waals surface area contributed by atoms with Gasteiger partial charge in [0.05, 0.1) is 0 Å². The molecule has 0 fully saturated rings. The molecule has 0 aromatic carbocycles. The van der Waals surface area contributed by atoms with E-state index in [9.17, 15) is 4.79 Å². The van der Waals surface area contributed by atoms with Gasteiger partial charge in [-0.2, -0.15) is 0 Å². The Bertz CT molecular complexity index is 221. The summed E-state index contributed by atoms with van der Waals surface area (Å²) in [7, 11) is 0. The summed E-state index contributed by atoms with van der Waals surface area (Å²) in [5, 5.41) is 8.91. The van der Waals surface area contributed by atoms with Gasteiger partial charge in [-0.3, -0.25) is 4.79 Å². The number of hydrogen-bond acceptors (Lipinski definition) is 2. The van der Waals surface area contributed by atoms with Crippen LogP contribution in [0, 0.1) is 0 Å². The Morgan fingerprint density at radius 1 is 1.30 bits per heavy atom. The number of Topliss-reactive ketones (excluding diaryl/α,β-unsaturated/α-hetero) is 1. The maximum absolute atomic E-state index is 10.8. The molecule has 0 heterocycles. The average Bonchev–Trinajstić information content (AvgIpc) is 1.92. The fourth-order valence-corrected chi connectivity index (χ4v) is 0.662. The van der Waals surface area contributed by atoms with Crippen LogP contribution in [0.5, 0.6) is 0 Å². The number of allylic oxidation sites excluding steroid dienone is 6. The normalized spacial score (nSPS) is 18.0. The zero-order chi connectivity index (χ0) is 7.40. The van der Waals surface area contributed by atoms with Gasteiger partial charge in [-0.15, -0.1) is 0 Å². The van der Waals surface area contributed by atoms with E-state index in [0.29, 0.717) is 0 Å². The van der Waals surface area contributed by atoms with E-state index in [2.05, 4.69) is 0 Å². The van der Waals surface area contributed by atoms with E-state index >= 15 is 0 Å². The second-order valence-corrected chi connectivity index (χ2v) is 1.99. The van der Waals surface area contributed by atoms with Crippen LogP contribution in [0.25, 0.3) is 0 Å². The van der Waals surface area contributed by atoms with Crippen molar-refractivity contribution >= 4 is 5.78 Å². The van der Waals surface area contributed by atoms with E-state index in [-0.39, 0.29) is 18.0 Å². The molecule has 0 spiro atoms. The number of carbonyl (C=O) groups excluding carboxylic acids is 1. The first-order valence-corrected chi connectivity index (χ1v) is 3.06. The highest BCUT2D eigenvalue weighted by molar-refractivity contribution is 5.94. The number of hydrogen-bond donors (Lipinski definition) is 1. The van der Waals surface area contributed by atoms with Gasteiger partial charge in [0.25, 0.3) is 0 Å². The lowest BCUT2D eigenvalue weighted by Crippen LogP contribution is -1.99. The highest BCUT2D eigenvalue weighted by atomic mass is 16.3. The van der Waals surface area contributed by atoms with Crippen LogP contribution in [-0.4, -0.2) is 10.9 Å². The second-order valence-electron chi connectivity index (χ2n) is 1.99. The molecule has 0 bridgehead atoms. The average molecular weight is 136 g/mol. The molecular weight excluding hydrogens is 128 g/mol. The topological polar surface area (TPSA) is 37.3 Å². The summed E-state index contributed by atoms with van der Waals surface area (Å²) in [5.74, 6) is -0.402. The molecule has 0 saturated heterocycles. The Labute approximate surface area is 59.2 Å². The Kier molecular flexibility index (Phi) is 2.05. The minimum atomic E-state index is -0.236. The molecule has 0 unspecified atom stereocenters. The van der Waals surface area contributed by atoms with Crippen LogP contribution in [0.15, 0.2) is 36.1 Å². The number of aliphatic hydroxyl groups excluding tert-OH is 1. The van der Waals surface area contributed by atoms with Gasteiger partial charge in [0.15, 0.2) is 5.76 Å². The molecular formula is C8H8O2. The monoisotopic (exact) mass is 136 g/mol. The van der Waals surface area contributed by atoms with Crippen molar-refractivity contribution in [3.63, 3.8) is 0 Å². The van der Waals surface area contributed by atoms with Crippen molar-refractivity contribution in [2.75, 3.05) is 0 Å². The maximum atomic E-state index is 10.8. The molecule has 0 radical (unpaired) electrons. The molecule has 2 heteroatoms. The summed E-state index contributed by atoms with van der Waals surface area (Å²) in [6.07, 6.45) is 8.56. The van der Waals surface area contributed by atoms with Gasteiger partial charge in [-0.05, 0) is 6.08 Å². The van der Waals surface area contributed by atoms with Crippen LogP contribution in [-0.2, 0) is 4.79 Å². The van der Waals surface area contributed by atoms with Crippen molar-refractivity contribution < 1.29 is 9.90 Å². The van der Waals surface area contributed by atoms with Crippen LogP contribution in [0.4, 0.5) is 0 Å². The molecule has 1 aliphatic rings. The Morgan fingerprint density at radius 3 is 2.90 bits per heavy atom. The summed E-state index contributed by atoms with van der Waals surface area (Å²) < 4.78 is 0. The number of aliphatic hydroxyl groups is 1. The molecule has 2 nitrogen and oxygen atoms in total. The van der Waals surface area contributed by atoms with Crippen LogP contribution >= 0.6 is 0 Å². The van der Waals surface area contributed by atoms with E-state index in [1.54, 1.807) is 24.3 Å². The molecule has 0 atom stereocenters. The predicted octanol–water partition coefficient (Wildman–Crippen LogP) is 1.51. The first kappa shape index (κ1) is 6.81. The Hall–Kier alpha value is -1.31. The van der Waals surface area contributed by atoms with Crippen LogP contribution in [0.3, 0.4) is 0 Å². The van der Waals surface area contributed by atoms with E-state index in [1.807, 2.05) is 0 Å². The van der Waals surface area contributed by atoms with Gasteiger partial charge in [0, 0.05) is 6.42 Å². The van der Waals surface area contributed by atoms with Gasteiger partial charge < -0.3 is 5.11 Å². The largest absolute Gasteiger partial charge is 0.504 e. The van der Waals surface area contributed by atoms with Crippen LogP contribution in [0.2, 0.25) is 0 Å². The van der Waals surface area contributed by atoms with E-state index in [4.69, 9.17) is 5.11 Å². The third-order valence-electron chi connectivity index (χ3n) is 1.20. The Morgan fingerprint density at radius 2 is 2.10 bits per heavy atom. The van der Waals surface area contributed by atoms with E-state index in [1.165, 1.54) is 6.08 Å². The molecule has 10 heavy (non-hydrogen) atoms. The minimum absolute atomic E-state index is 0.166. The summed E-state index contributed by atoms with van der Waals surface area (Å²) in [4.78, 5) is 10.8. The van der Waals surface area contributed by atoms with E-state index in [0.717, 1.165) is 0 Å². The number of carbonyl (C=O) groups is 1. The summed E-state index contributed by atoms with van der Waals surface area (Å²) >= 11 is 0. The summed E-state index contributed by atoms with van der Waals surface area (Å²) in [5.41, 5.74) is 0.